The lowest BCUT2D eigenvalue weighted by atomic mass is 10.1. The van der Waals surface area contributed by atoms with Crippen LogP contribution in [0, 0.1) is 27.2 Å². The Labute approximate surface area is 136 Å². The summed E-state index contributed by atoms with van der Waals surface area (Å²) in [5, 5.41) is 8.96. The molecule has 0 saturated carbocycles. The van der Waals surface area contributed by atoms with Gasteiger partial charge in [0.25, 0.3) is 0 Å². The highest BCUT2D eigenvalue weighted by Crippen LogP contribution is 2.34. The van der Waals surface area contributed by atoms with Crippen molar-refractivity contribution in [1.29, 1.82) is 5.26 Å². The molecule has 0 spiro atoms. The van der Waals surface area contributed by atoms with Gasteiger partial charge in [0.15, 0.2) is 11.5 Å². The molecule has 1 aromatic rings. The van der Waals surface area contributed by atoms with Gasteiger partial charge in [0, 0.05) is 0 Å². The van der Waals surface area contributed by atoms with Crippen molar-refractivity contribution < 1.29 is 9.47 Å². The van der Waals surface area contributed by atoms with Crippen LogP contribution in [0.4, 0.5) is 0 Å². The van der Waals surface area contributed by atoms with E-state index >= 15 is 0 Å². The minimum absolute atomic E-state index is 0.0501. The average Bonchev–Trinajstić information content (AvgIpc) is 2.42. The molecule has 2 N–H and O–H groups in total. The summed E-state index contributed by atoms with van der Waals surface area (Å²) in [6.45, 7) is 0.151. The van der Waals surface area contributed by atoms with Gasteiger partial charge in [0.2, 0.25) is 0 Å². The van der Waals surface area contributed by atoms with E-state index in [1.807, 2.05) is 12.1 Å². The minimum Gasteiger partial charge on any atom is -0.493 e. The molecule has 1 rings (SSSR count). The third-order valence-corrected chi connectivity index (χ3v) is 3.27. The Balaban J connectivity index is 3.27. The fourth-order valence-electron chi connectivity index (χ4n) is 1.40. The third-order valence-electron chi connectivity index (χ3n) is 2.25. The zero-order chi connectivity index (χ0) is 15.1. The van der Waals surface area contributed by atoms with Crippen molar-refractivity contribution in [3.63, 3.8) is 0 Å². The van der Waals surface area contributed by atoms with Gasteiger partial charge in [-0.3, -0.25) is 0 Å². The number of ether oxygens (including phenoxy) is 2. The third kappa shape index (κ3) is 4.12. The van der Waals surface area contributed by atoms with E-state index in [1.54, 1.807) is 12.1 Å². The van der Waals surface area contributed by atoms with Crippen LogP contribution in [0.25, 0.3) is 6.08 Å². The average molecular weight is 398 g/mol. The molecule has 0 aliphatic carbocycles. The highest BCUT2D eigenvalue weighted by Gasteiger charge is 2.11. The van der Waals surface area contributed by atoms with Crippen molar-refractivity contribution in [3.05, 3.63) is 26.8 Å². The summed E-state index contributed by atoms with van der Waals surface area (Å²) < 4.78 is 11.5. The predicted octanol–water partition coefficient (Wildman–Crippen LogP) is 2.50. The monoisotopic (exact) mass is 398 g/mol. The van der Waals surface area contributed by atoms with Crippen LogP contribution >= 0.6 is 34.8 Å². The molecule has 0 amide bonds. The van der Waals surface area contributed by atoms with Gasteiger partial charge in [-0.1, -0.05) is 18.1 Å². The lowest BCUT2D eigenvalue weighted by Crippen LogP contribution is -2.09. The Morgan fingerprint density at radius 2 is 2.30 bits per heavy atom. The summed E-state index contributed by atoms with van der Waals surface area (Å²) >= 11 is 6.90. The van der Waals surface area contributed by atoms with Crippen molar-refractivity contribution in [3.8, 4) is 29.9 Å². The zero-order valence-electron chi connectivity index (χ0n) is 10.6. The Bertz CT molecular complexity index is 642. The van der Waals surface area contributed by atoms with Crippen molar-refractivity contribution in [2.45, 2.75) is 0 Å². The standard InChI is InChI=1S/C14H11IN2O2S/c1-3-4-19-13-11(15)6-9(7-12(13)18-2)5-10(8-16)14(17)20/h1,5-7H,4H2,2H3,(H2,17,20)/b10-5+. The highest BCUT2D eigenvalue weighted by atomic mass is 127. The highest BCUT2D eigenvalue weighted by molar-refractivity contribution is 14.1. The number of hydrogen-bond acceptors (Lipinski definition) is 4. The van der Waals surface area contributed by atoms with Gasteiger partial charge in [0.05, 0.1) is 16.3 Å². The number of nitrogens with two attached hydrogens (primary N) is 1. The number of hydrogen-bond donors (Lipinski definition) is 1. The van der Waals surface area contributed by atoms with Crippen LogP contribution in [0.1, 0.15) is 5.56 Å². The van der Waals surface area contributed by atoms with Crippen LogP contribution in [0.5, 0.6) is 11.5 Å². The first kappa shape index (κ1) is 16.3. The summed E-state index contributed by atoms with van der Waals surface area (Å²) in [5.74, 6) is 3.49. The van der Waals surface area contributed by atoms with E-state index in [2.05, 4.69) is 28.5 Å². The molecule has 0 bridgehead atoms. The number of methoxy groups -OCH3 is 1. The molecule has 0 atom stereocenters. The number of thiocarbonyl (C=S) groups is 1. The molecule has 4 nitrogen and oxygen atoms in total. The van der Waals surface area contributed by atoms with E-state index in [4.69, 9.17) is 39.1 Å². The molecule has 0 aliphatic heterocycles. The van der Waals surface area contributed by atoms with Crippen molar-refractivity contribution >= 4 is 45.9 Å². The number of rotatable bonds is 5. The smallest absolute Gasteiger partial charge is 0.175 e. The summed E-state index contributed by atoms with van der Waals surface area (Å²) in [6, 6.07) is 5.50. The topological polar surface area (TPSA) is 68.3 Å². The van der Waals surface area contributed by atoms with Crippen LogP contribution in [-0.4, -0.2) is 18.7 Å². The van der Waals surface area contributed by atoms with E-state index in [-0.39, 0.29) is 17.2 Å². The molecule has 1 aromatic carbocycles. The largest absolute Gasteiger partial charge is 0.493 e. The van der Waals surface area contributed by atoms with E-state index in [0.29, 0.717) is 11.5 Å². The SMILES string of the molecule is C#CCOc1c(I)cc(/C=C(\C#N)C(N)=S)cc1OC. The second kappa shape index (κ2) is 7.73. The van der Waals surface area contributed by atoms with Gasteiger partial charge in [-0.25, -0.2) is 0 Å². The first-order valence-electron chi connectivity index (χ1n) is 5.38. The number of benzene rings is 1. The van der Waals surface area contributed by atoms with Crippen molar-refractivity contribution in [2.24, 2.45) is 5.73 Å². The van der Waals surface area contributed by atoms with Gasteiger partial charge in [-0.05, 0) is 46.4 Å². The predicted molar refractivity (Wildman–Crippen MR) is 90.4 cm³/mol. The Hall–Kier alpha value is -1.77. The van der Waals surface area contributed by atoms with Crippen molar-refractivity contribution in [2.75, 3.05) is 13.7 Å². The maximum Gasteiger partial charge on any atom is 0.175 e. The van der Waals surface area contributed by atoms with E-state index in [9.17, 15) is 0 Å². The molecule has 0 unspecified atom stereocenters. The maximum atomic E-state index is 8.96. The molecule has 0 radical (unpaired) electrons. The molecule has 6 heteroatoms. The minimum atomic E-state index is 0.0501. The lowest BCUT2D eigenvalue weighted by molar-refractivity contribution is 0.328. The number of nitrogens with zero attached hydrogens (tertiary/aromatic N) is 1. The van der Waals surface area contributed by atoms with Gasteiger partial charge in [-0.15, -0.1) is 6.42 Å². The van der Waals surface area contributed by atoms with Crippen molar-refractivity contribution in [1.82, 2.24) is 0 Å². The van der Waals surface area contributed by atoms with E-state index < -0.39 is 0 Å². The molecule has 0 aromatic heterocycles. The zero-order valence-corrected chi connectivity index (χ0v) is 13.6. The first-order chi connectivity index (χ1) is 9.53. The van der Waals surface area contributed by atoms with Gasteiger partial charge in [0.1, 0.15) is 17.7 Å². The van der Waals surface area contributed by atoms with E-state index in [1.165, 1.54) is 7.11 Å². The van der Waals surface area contributed by atoms with Crippen LogP contribution < -0.4 is 15.2 Å². The number of halogens is 1. The molecule has 0 fully saturated rings. The van der Waals surface area contributed by atoms with E-state index in [0.717, 1.165) is 9.13 Å². The summed E-state index contributed by atoms with van der Waals surface area (Å²) in [4.78, 5) is 0.0501. The molecular formula is C14H11IN2O2S. The fourth-order valence-corrected chi connectivity index (χ4v) is 2.29. The molecule has 102 valence electrons. The molecule has 0 aliphatic rings. The van der Waals surface area contributed by atoms with Gasteiger partial charge < -0.3 is 15.2 Å². The molecule has 0 heterocycles. The van der Waals surface area contributed by atoms with Crippen LogP contribution in [0.3, 0.4) is 0 Å². The van der Waals surface area contributed by atoms with Crippen LogP contribution in [0.2, 0.25) is 0 Å². The number of nitriles is 1. The van der Waals surface area contributed by atoms with Gasteiger partial charge in [-0.2, -0.15) is 5.26 Å². The molecular weight excluding hydrogens is 387 g/mol. The Morgan fingerprint density at radius 3 is 2.80 bits per heavy atom. The second-order valence-electron chi connectivity index (χ2n) is 3.56. The second-order valence-corrected chi connectivity index (χ2v) is 5.16. The summed E-state index contributed by atoms with van der Waals surface area (Å²) in [5.41, 5.74) is 6.43. The maximum absolute atomic E-state index is 8.96. The number of terminal acetylenes is 1. The van der Waals surface area contributed by atoms with Crippen LogP contribution in [0.15, 0.2) is 17.7 Å². The lowest BCUT2D eigenvalue weighted by Gasteiger charge is -2.12. The molecule has 0 saturated heterocycles. The summed E-state index contributed by atoms with van der Waals surface area (Å²) in [6.07, 6.45) is 6.77. The van der Waals surface area contributed by atoms with Gasteiger partial charge >= 0.3 is 0 Å². The van der Waals surface area contributed by atoms with Crippen LogP contribution in [-0.2, 0) is 0 Å². The molecule has 20 heavy (non-hydrogen) atoms. The summed E-state index contributed by atoms with van der Waals surface area (Å²) in [7, 11) is 1.53. The fraction of sp³-hybridized carbons (Fsp3) is 0.143. The Morgan fingerprint density at radius 1 is 1.60 bits per heavy atom. The quantitative estimate of drug-likeness (QED) is 0.272. The first-order valence-corrected chi connectivity index (χ1v) is 6.87. The normalized spacial score (nSPS) is 10.3. The Kier molecular flexibility index (Phi) is 6.29.